The number of unbranched alkanes of at least 4 members (excludes halogenated alkanes) is 4. The molecular formula is C16H30. The van der Waals surface area contributed by atoms with Crippen LogP contribution in [0.25, 0.3) is 0 Å². The zero-order valence-electron chi connectivity index (χ0n) is 11.4. The largest absolute Gasteiger partial charge is 0.106 e. The van der Waals surface area contributed by atoms with Crippen LogP contribution in [0.15, 0.2) is 50.6 Å². The Morgan fingerprint density at radius 1 is 0.938 bits per heavy atom. The van der Waals surface area contributed by atoms with Crippen molar-refractivity contribution in [1.82, 2.24) is 0 Å². The molecule has 0 heterocycles. The van der Waals surface area contributed by atoms with Crippen molar-refractivity contribution >= 4 is 0 Å². The Kier molecular flexibility index (Phi) is 37.2. The molecule has 0 aromatic rings. The molecule has 16 heavy (non-hydrogen) atoms. The van der Waals surface area contributed by atoms with E-state index in [-0.39, 0.29) is 0 Å². The minimum absolute atomic E-state index is 0.997. The molecule has 0 rings (SSSR count). The number of allylic oxidation sites excluding steroid dienone is 4. The lowest BCUT2D eigenvalue weighted by Crippen LogP contribution is -1.71. The maximum absolute atomic E-state index is 3.66. The minimum atomic E-state index is 0.997. The average Bonchev–Trinajstić information content (AvgIpc) is 2.35. The zero-order valence-corrected chi connectivity index (χ0v) is 11.4. The summed E-state index contributed by atoms with van der Waals surface area (Å²) in [5.74, 6) is 0. The molecule has 0 atom stereocenters. The van der Waals surface area contributed by atoms with Crippen molar-refractivity contribution in [2.45, 2.75) is 52.4 Å². The molecule has 0 saturated heterocycles. The smallest absolute Gasteiger partial charge is 0.0172 e. The highest BCUT2D eigenvalue weighted by atomic mass is 13.9. The van der Waals surface area contributed by atoms with Gasteiger partial charge in [0.2, 0.25) is 0 Å². The van der Waals surface area contributed by atoms with E-state index in [4.69, 9.17) is 0 Å². The maximum Gasteiger partial charge on any atom is -0.0172 e. The Bertz CT molecular complexity index is 142. The van der Waals surface area contributed by atoms with Gasteiger partial charge in [-0.05, 0) is 26.2 Å². The van der Waals surface area contributed by atoms with Crippen LogP contribution in [0.3, 0.4) is 0 Å². The fraction of sp³-hybridized carbons (Fsp3) is 0.500. The summed E-state index contributed by atoms with van der Waals surface area (Å²) < 4.78 is 0. The van der Waals surface area contributed by atoms with E-state index >= 15 is 0 Å². The molecular weight excluding hydrogens is 192 g/mol. The van der Waals surface area contributed by atoms with Crippen molar-refractivity contribution in [2.75, 3.05) is 0 Å². The Morgan fingerprint density at radius 3 is 1.88 bits per heavy atom. The normalized spacial score (nSPS) is 8.38. The summed E-state index contributed by atoms with van der Waals surface area (Å²) in [6.45, 7) is 17.4. The van der Waals surface area contributed by atoms with Crippen molar-refractivity contribution in [3.63, 3.8) is 0 Å². The molecule has 0 saturated carbocycles. The van der Waals surface area contributed by atoms with Gasteiger partial charge in [0.1, 0.15) is 0 Å². The first-order valence-corrected chi connectivity index (χ1v) is 6.16. The molecule has 0 bridgehead atoms. The minimum Gasteiger partial charge on any atom is -0.106 e. The van der Waals surface area contributed by atoms with E-state index in [1.54, 1.807) is 0 Å². The van der Waals surface area contributed by atoms with Crippen molar-refractivity contribution in [3.8, 4) is 0 Å². The number of hydrogen-bond acceptors (Lipinski definition) is 0. The van der Waals surface area contributed by atoms with Gasteiger partial charge >= 0.3 is 0 Å². The molecule has 0 N–H and O–H groups in total. The summed E-state index contributed by atoms with van der Waals surface area (Å²) in [5, 5.41) is 0. The van der Waals surface area contributed by atoms with Gasteiger partial charge in [-0.2, -0.15) is 0 Å². The Hall–Kier alpha value is -1.04. The zero-order chi connectivity index (χ0) is 13.1. The van der Waals surface area contributed by atoms with E-state index in [1.165, 1.54) is 32.1 Å². The fourth-order valence-corrected chi connectivity index (χ4v) is 0.948. The first-order valence-electron chi connectivity index (χ1n) is 6.16. The molecule has 0 unspecified atom stereocenters. The molecule has 0 spiro atoms. The highest BCUT2D eigenvalue weighted by Gasteiger charge is 1.81. The predicted octanol–water partition coefficient (Wildman–Crippen LogP) is 6.08. The van der Waals surface area contributed by atoms with Crippen LogP contribution in [0.5, 0.6) is 0 Å². The van der Waals surface area contributed by atoms with Gasteiger partial charge in [-0.25, -0.2) is 0 Å². The van der Waals surface area contributed by atoms with Gasteiger partial charge in [0.15, 0.2) is 0 Å². The van der Waals surface area contributed by atoms with Crippen LogP contribution in [0.2, 0.25) is 0 Å². The van der Waals surface area contributed by atoms with Crippen LogP contribution >= 0.6 is 0 Å². The molecule has 0 nitrogen and oxygen atoms in total. The average molecular weight is 222 g/mol. The topological polar surface area (TPSA) is 0 Å². The molecule has 0 fully saturated rings. The first-order chi connectivity index (χ1) is 7.83. The van der Waals surface area contributed by atoms with Gasteiger partial charge in [-0.15, -0.1) is 26.3 Å². The van der Waals surface area contributed by atoms with E-state index in [0.29, 0.717) is 0 Å². The van der Waals surface area contributed by atoms with E-state index in [0.717, 1.165) is 6.42 Å². The van der Waals surface area contributed by atoms with Crippen molar-refractivity contribution in [3.05, 3.63) is 50.6 Å². The van der Waals surface area contributed by atoms with E-state index < -0.39 is 0 Å². The van der Waals surface area contributed by atoms with Crippen molar-refractivity contribution in [1.29, 1.82) is 0 Å². The SMILES string of the molecule is C=C.C=CC/C=C/C.C=CCCCCCC. The number of hydrogen-bond donors (Lipinski definition) is 0. The van der Waals surface area contributed by atoms with Gasteiger partial charge in [0, 0.05) is 0 Å². The summed E-state index contributed by atoms with van der Waals surface area (Å²) in [6, 6.07) is 0. The van der Waals surface area contributed by atoms with E-state index in [2.05, 4.69) is 39.3 Å². The second kappa shape index (κ2) is 29.2. The third-order valence-corrected chi connectivity index (χ3v) is 1.80. The Labute approximate surface area is 103 Å². The highest BCUT2D eigenvalue weighted by molar-refractivity contribution is 4.85. The molecule has 0 aliphatic carbocycles. The lowest BCUT2D eigenvalue weighted by atomic mass is 10.2. The second-order valence-electron chi connectivity index (χ2n) is 3.23. The van der Waals surface area contributed by atoms with Crippen molar-refractivity contribution < 1.29 is 0 Å². The monoisotopic (exact) mass is 222 g/mol. The van der Waals surface area contributed by atoms with Gasteiger partial charge in [-0.1, -0.05) is 50.5 Å². The molecule has 0 amide bonds. The Balaban J connectivity index is -0.000000188. The van der Waals surface area contributed by atoms with Crippen LogP contribution in [-0.2, 0) is 0 Å². The van der Waals surface area contributed by atoms with Gasteiger partial charge < -0.3 is 0 Å². The summed E-state index contributed by atoms with van der Waals surface area (Å²) in [7, 11) is 0. The molecule has 0 radical (unpaired) electrons. The van der Waals surface area contributed by atoms with Crippen LogP contribution in [0, 0.1) is 0 Å². The molecule has 94 valence electrons. The van der Waals surface area contributed by atoms with Crippen LogP contribution < -0.4 is 0 Å². The summed E-state index contributed by atoms with van der Waals surface area (Å²) in [5.41, 5.74) is 0. The van der Waals surface area contributed by atoms with Gasteiger partial charge in [0.25, 0.3) is 0 Å². The van der Waals surface area contributed by atoms with Crippen LogP contribution in [0.1, 0.15) is 52.4 Å². The van der Waals surface area contributed by atoms with Crippen LogP contribution in [-0.4, -0.2) is 0 Å². The first kappa shape index (κ1) is 20.4. The van der Waals surface area contributed by atoms with Crippen LogP contribution in [0.4, 0.5) is 0 Å². The quantitative estimate of drug-likeness (QED) is 0.361. The van der Waals surface area contributed by atoms with Crippen molar-refractivity contribution in [2.24, 2.45) is 0 Å². The molecule has 0 aliphatic heterocycles. The highest BCUT2D eigenvalue weighted by Crippen LogP contribution is 2.01. The maximum atomic E-state index is 3.66. The predicted molar refractivity (Wildman–Crippen MR) is 79.8 cm³/mol. The van der Waals surface area contributed by atoms with Gasteiger partial charge in [-0.3, -0.25) is 0 Å². The third kappa shape index (κ3) is 38.3. The molecule has 0 aromatic carbocycles. The lowest BCUT2D eigenvalue weighted by Gasteiger charge is -1.91. The molecule has 0 aliphatic rings. The Morgan fingerprint density at radius 2 is 1.56 bits per heavy atom. The molecule has 0 heteroatoms. The summed E-state index contributed by atoms with van der Waals surface area (Å²) in [4.78, 5) is 0. The third-order valence-electron chi connectivity index (χ3n) is 1.80. The number of rotatable bonds is 7. The molecule has 0 aromatic heterocycles. The van der Waals surface area contributed by atoms with E-state index in [9.17, 15) is 0 Å². The summed E-state index contributed by atoms with van der Waals surface area (Å²) in [6.07, 6.45) is 15.6. The van der Waals surface area contributed by atoms with E-state index in [1.807, 2.05) is 25.2 Å². The second-order valence-corrected chi connectivity index (χ2v) is 3.23. The van der Waals surface area contributed by atoms with Gasteiger partial charge in [0.05, 0.1) is 0 Å². The lowest BCUT2D eigenvalue weighted by molar-refractivity contribution is 0.675. The standard InChI is InChI=1S/C8H16.C6H10.C2H4/c1-3-5-7-8-6-4-2;1-3-5-6-4-2;1-2/h3H,1,4-8H2,2H3;3-4,6H,1,5H2,2H3;1-2H2/b;6-4+;. The fourth-order valence-electron chi connectivity index (χ4n) is 0.948. The summed E-state index contributed by atoms with van der Waals surface area (Å²) >= 11 is 0.